The first-order chi connectivity index (χ1) is 17.7. The van der Waals surface area contributed by atoms with Crippen molar-refractivity contribution in [2.45, 2.75) is 95.7 Å². The summed E-state index contributed by atoms with van der Waals surface area (Å²) in [6.07, 6.45) is 11.0. The average Bonchev–Trinajstić information content (AvgIpc) is 3.16. The van der Waals surface area contributed by atoms with E-state index in [0.29, 0.717) is 5.57 Å². The molecule has 5 unspecified atom stereocenters. The molecule has 210 valence electrons. The molecule has 2 bridgehead atoms. The highest BCUT2D eigenvalue weighted by Crippen LogP contribution is 2.76. The van der Waals surface area contributed by atoms with E-state index in [-0.39, 0.29) is 12.0 Å². The van der Waals surface area contributed by atoms with Gasteiger partial charge in [-0.25, -0.2) is 4.79 Å². The van der Waals surface area contributed by atoms with Crippen LogP contribution in [0.1, 0.15) is 66.7 Å². The van der Waals surface area contributed by atoms with Crippen LogP contribution in [0.4, 0.5) is 0 Å². The molecule has 0 aromatic carbocycles. The molecule has 4 aliphatic carbocycles. The summed E-state index contributed by atoms with van der Waals surface area (Å²) in [5, 5.41) is 44.5. The number of esters is 1. The standard InChI is InChI=1S/C30H43NO7/c1-6-7-8-9-10-11-12-13-22(33)38-28-16-19(3)27-15-18(2)23(34)29(27,37)24(35)20(17-32)14-21(25(27)36)30(28,31)26(28,4)5/h10-15,19,21,23-24,32,34-35,37H,6-9,16-17,31H2,1-5H3/b11-10+,13-12+/t19?,21?,23?,24-,27?,28-,29?,30+/m1/s1. The van der Waals surface area contributed by atoms with Gasteiger partial charge >= 0.3 is 5.97 Å². The van der Waals surface area contributed by atoms with Crippen LogP contribution >= 0.6 is 0 Å². The number of rotatable bonds is 8. The Morgan fingerprint density at radius 1 is 1.21 bits per heavy atom. The van der Waals surface area contributed by atoms with E-state index in [2.05, 4.69) is 6.92 Å². The molecule has 2 fully saturated rings. The first-order valence-electron chi connectivity index (χ1n) is 13.7. The highest BCUT2D eigenvalue weighted by Gasteiger charge is 2.90. The molecule has 0 aromatic heterocycles. The zero-order valence-corrected chi connectivity index (χ0v) is 23.1. The number of hydrogen-bond acceptors (Lipinski definition) is 8. The number of fused-ring (bicyclic) bond motifs is 3. The van der Waals surface area contributed by atoms with E-state index in [4.69, 9.17) is 10.5 Å². The van der Waals surface area contributed by atoms with Crippen molar-refractivity contribution in [2.24, 2.45) is 28.4 Å². The van der Waals surface area contributed by atoms with E-state index in [1.165, 1.54) is 12.2 Å². The molecule has 1 spiro atoms. The predicted molar refractivity (Wildman–Crippen MR) is 143 cm³/mol. The summed E-state index contributed by atoms with van der Waals surface area (Å²) < 4.78 is 6.14. The van der Waals surface area contributed by atoms with Crippen LogP contribution in [-0.2, 0) is 14.3 Å². The Bertz CT molecular complexity index is 1120. The van der Waals surface area contributed by atoms with Crippen LogP contribution < -0.4 is 5.73 Å². The molecule has 0 saturated heterocycles. The largest absolute Gasteiger partial charge is 0.453 e. The maximum Gasteiger partial charge on any atom is 0.331 e. The molecule has 8 atom stereocenters. The molecule has 6 N–H and O–H groups in total. The van der Waals surface area contributed by atoms with Crippen LogP contribution in [0.25, 0.3) is 0 Å². The molecule has 0 radical (unpaired) electrons. The lowest BCUT2D eigenvalue weighted by molar-refractivity contribution is -0.191. The van der Waals surface area contributed by atoms with E-state index < -0.39 is 70.0 Å². The molecule has 38 heavy (non-hydrogen) atoms. The van der Waals surface area contributed by atoms with Gasteiger partial charge in [0.25, 0.3) is 0 Å². The van der Waals surface area contributed by atoms with Gasteiger partial charge in [0, 0.05) is 11.5 Å². The normalized spacial score (nSPS) is 43.3. The van der Waals surface area contributed by atoms with Crippen LogP contribution in [0.15, 0.2) is 47.6 Å². The minimum Gasteiger partial charge on any atom is -0.453 e. The van der Waals surface area contributed by atoms with Crippen LogP contribution in [0, 0.1) is 22.7 Å². The quantitative estimate of drug-likeness (QED) is 0.106. The Labute approximate surface area is 224 Å². The maximum absolute atomic E-state index is 14.4. The van der Waals surface area contributed by atoms with Crippen molar-refractivity contribution in [3.63, 3.8) is 0 Å². The van der Waals surface area contributed by atoms with E-state index in [1.807, 2.05) is 26.0 Å². The molecule has 8 nitrogen and oxygen atoms in total. The lowest BCUT2D eigenvalue weighted by atomic mass is 9.58. The first-order valence-corrected chi connectivity index (χ1v) is 13.7. The number of ketones is 1. The number of aliphatic hydroxyl groups excluding tert-OH is 3. The van der Waals surface area contributed by atoms with Gasteiger partial charge in [-0.3, -0.25) is 4.79 Å². The topological polar surface area (TPSA) is 150 Å². The van der Waals surface area contributed by atoms with E-state index in [9.17, 15) is 30.0 Å². The Balaban J connectivity index is 1.76. The minimum absolute atomic E-state index is 0.00447. The number of ether oxygens (including phenoxy) is 1. The second-order valence-electron chi connectivity index (χ2n) is 12.3. The van der Waals surface area contributed by atoms with Crippen molar-refractivity contribution >= 4 is 11.8 Å². The number of unbranched alkanes of at least 4 members (excludes halogenated alkanes) is 3. The Morgan fingerprint density at radius 3 is 2.53 bits per heavy atom. The second-order valence-corrected chi connectivity index (χ2v) is 12.3. The molecular weight excluding hydrogens is 486 g/mol. The van der Waals surface area contributed by atoms with Gasteiger partial charge in [0.05, 0.1) is 23.5 Å². The molecule has 0 aliphatic heterocycles. The summed E-state index contributed by atoms with van der Waals surface area (Å²) in [7, 11) is 0. The van der Waals surface area contributed by atoms with Crippen LogP contribution in [0.2, 0.25) is 0 Å². The molecule has 4 rings (SSSR count). The fourth-order valence-electron chi connectivity index (χ4n) is 7.88. The third kappa shape index (κ3) is 3.40. The Kier molecular flexibility index (Phi) is 7.24. The van der Waals surface area contributed by atoms with Crippen molar-refractivity contribution in [3.05, 3.63) is 47.6 Å². The fourth-order valence-corrected chi connectivity index (χ4v) is 7.88. The van der Waals surface area contributed by atoms with Crippen molar-refractivity contribution in [3.8, 4) is 0 Å². The molecular formula is C30H43NO7. The number of hydrogen-bond donors (Lipinski definition) is 5. The van der Waals surface area contributed by atoms with E-state index >= 15 is 0 Å². The Hall–Kier alpha value is -2.10. The third-order valence-corrected chi connectivity index (χ3v) is 10.2. The summed E-state index contributed by atoms with van der Waals surface area (Å²) in [5.74, 6) is -2.80. The maximum atomic E-state index is 14.4. The molecule has 0 heterocycles. The monoisotopic (exact) mass is 529 g/mol. The summed E-state index contributed by atoms with van der Waals surface area (Å²) in [5.41, 5.74) is -0.0491. The van der Waals surface area contributed by atoms with Gasteiger partial charge in [-0.15, -0.1) is 0 Å². The number of nitrogens with two attached hydrogens (primary N) is 1. The van der Waals surface area contributed by atoms with Crippen LogP contribution in [-0.4, -0.2) is 67.7 Å². The summed E-state index contributed by atoms with van der Waals surface area (Å²) >= 11 is 0. The number of Topliss-reactive ketones (excluding diaryl/α,β-unsaturated/α-hetero) is 1. The predicted octanol–water partition coefficient (Wildman–Crippen LogP) is 2.25. The number of carbonyl (C=O) groups excluding carboxylic acids is 2. The lowest BCUT2D eigenvalue weighted by Gasteiger charge is -2.48. The summed E-state index contributed by atoms with van der Waals surface area (Å²) in [6.45, 7) is 8.55. The van der Waals surface area contributed by atoms with Gasteiger partial charge in [-0.05, 0) is 43.3 Å². The zero-order chi connectivity index (χ0) is 28.3. The fraction of sp³-hybridized carbons (Fsp3) is 0.667. The SMILES string of the molecule is CCCCC/C=C/C=C/C(=O)O[C@@]12CC(C)C34C=C(C)C(O)C3(O)[C@H](O)C(CO)=CC(C4=O)[C@]1(N)C2(C)C. The number of allylic oxidation sites excluding steroid dienone is 3. The minimum atomic E-state index is -2.30. The average molecular weight is 530 g/mol. The van der Waals surface area contributed by atoms with Gasteiger partial charge in [0.2, 0.25) is 0 Å². The summed E-state index contributed by atoms with van der Waals surface area (Å²) in [4.78, 5) is 27.5. The van der Waals surface area contributed by atoms with Gasteiger partial charge < -0.3 is 30.9 Å². The van der Waals surface area contributed by atoms with Crippen molar-refractivity contribution in [1.82, 2.24) is 0 Å². The van der Waals surface area contributed by atoms with Crippen molar-refractivity contribution in [1.29, 1.82) is 0 Å². The third-order valence-electron chi connectivity index (χ3n) is 10.2. The molecule has 0 aromatic rings. The highest BCUT2D eigenvalue weighted by atomic mass is 16.6. The van der Waals surface area contributed by atoms with Gasteiger partial charge in [0.15, 0.2) is 5.78 Å². The lowest BCUT2D eigenvalue weighted by Crippen LogP contribution is -2.65. The number of aliphatic hydroxyl groups is 4. The smallest absolute Gasteiger partial charge is 0.331 e. The van der Waals surface area contributed by atoms with Gasteiger partial charge in [-0.2, -0.15) is 0 Å². The van der Waals surface area contributed by atoms with Crippen molar-refractivity contribution < 1.29 is 34.8 Å². The van der Waals surface area contributed by atoms with E-state index in [0.717, 1.165) is 25.7 Å². The van der Waals surface area contributed by atoms with Gasteiger partial charge in [-0.1, -0.05) is 70.9 Å². The van der Waals surface area contributed by atoms with Gasteiger partial charge in [0.1, 0.15) is 23.4 Å². The van der Waals surface area contributed by atoms with Crippen LogP contribution in [0.3, 0.4) is 0 Å². The van der Waals surface area contributed by atoms with Crippen molar-refractivity contribution in [2.75, 3.05) is 6.61 Å². The molecule has 8 heteroatoms. The molecule has 0 amide bonds. The highest BCUT2D eigenvalue weighted by molar-refractivity contribution is 5.97. The first kappa shape index (κ1) is 28.9. The second kappa shape index (κ2) is 9.52. The Morgan fingerprint density at radius 2 is 1.89 bits per heavy atom. The molecule has 4 aliphatic rings. The summed E-state index contributed by atoms with van der Waals surface area (Å²) in [6, 6.07) is 0. The zero-order valence-electron chi connectivity index (χ0n) is 23.1. The van der Waals surface area contributed by atoms with Crippen LogP contribution in [0.5, 0.6) is 0 Å². The number of carbonyl (C=O) groups is 2. The van der Waals surface area contributed by atoms with E-state index in [1.54, 1.807) is 26.0 Å². The molecule has 2 saturated carbocycles.